The number of aliphatic carboxylic acids is 2. The second-order valence-electron chi connectivity index (χ2n) is 5.28. The topological polar surface area (TPSA) is 74.6 Å². The van der Waals surface area contributed by atoms with Crippen molar-refractivity contribution in [2.75, 3.05) is 0 Å². The van der Waals surface area contributed by atoms with E-state index in [2.05, 4.69) is 12.1 Å². The van der Waals surface area contributed by atoms with Crippen molar-refractivity contribution in [1.29, 1.82) is 0 Å². The van der Waals surface area contributed by atoms with Crippen LogP contribution >= 0.6 is 11.3 Å². The first-order valence-electron chi connectivity index (χ1n) is 7.59. The molecule has 5 heteroatoms. The summed E-state index contributed by atoms with van der Waals surface area (Å²) in [4.78, 5) is 23.4. The summed E-state index contributed by atoms with van der Waals surface area (Å²) in [6.45, 7) is 0. The maximum atomic E-state index is 10.5. The molecule has 0 fully saturated rings. The maximum absolute atomic E-state index is 10.5. The van der Waals surface area contributed by atoms with Crippen LogP contribution in [0.2, 0.25) is 0 Å². The first-order chi connectivity index (χ1) is 10.1. The van der Waals surface area contributed by atoms with Crippen LogP contribution in [0.25, 0.3) is 0 Å². The second kappa shape index (κ2) is 10.4. The third kappa shape index (κ3) is 9.24. The average molecular weight is 312 g/mol. The van der Waals surface area contributed by atoms with Gasteiger partial charge in [0, 0.05) is 22.6 Å². The highest BCUT2D eigenvalue weighted by atomic mass is 32.1. The minimum Gasteiger partial charge on any atom is -0.481 e. The van der Waals surface area contributed by atoms with Crippen molar-refractivity contribution in [3.05, 3.63) is 21.9 Å². The molecular weight excluding hydrogens is 288 g/mol. The van der Waals surface area contributed by atoms with E-state index in [1.807, 2.05) is 0 Å². The van der Waals surface area contributed by atoms with E-state index in [0.717, 1.165) is 44.9 Å². The summed E-state index contributed by atoms with van der Waals surface area (Å²) in [6.07, 6.45) is 8.32. The molecule has 1 aromatic rings. The van der Waals surface area contributed by atoms with Gasteiger partial charge in [0.15, 0.2) is 0 Å². The normalized spacial score (nSPS) is 10.7. The minimum absolute atomic E-state index is 0.240. The predicted octanol–water partition coefficient (Wildman–Crippen LogP) is 4.12. The van der Waals surface area contributed by atoms with Gasteiger partial charge in [-0.05, 0) is 44.2 Å². The lowest BCUT2D eigenvalue weighted by molar-refractivity contribution is -0.138. The quantitative estimate of drug-likeness (QED) is 0.569. The molecule has 118 valence electrons. The van der Waals surface area contributed by atoms with Gasteiger partial charge in [-0.3, -0.25) is 9.59 Å². The Kier molecular flexibility index (Phi) is 8.74. The summed E-state index contributed by atoms with van der Waals surface area (Å²) in [7, 11) is 0. The van der Waals surface area contributed by atoms with E-state index in [0.29, 0.717) is 6.42 Å². The van der Waals surface area contributed by atoms with Gasteiger partial charge < -0.3 is 10.2 Å². The second-order valence-corrected chi connectivity index (χ2v) is 6.53. The van der Waals surface area contributed by atoms with Gasteiger partial charge in [-0.15, -0.1) is 11.3 Å². The van der Waals surface area contributed by atoms with Crippen molar-refractivity contribution in [2.45, 2.75) is 64.2 Å². The van der Waals surface area contributed by atoms with Crippen molar-refractivity contribution in [3.63, 3.8) is 0 Å². The molecule has 0 bridgehead atoms. The molecular formula is C16H24O4S. The molecule has 0 radical (unpaired) electrons. The van der Waals surface area contributed by atoms with E-state index in [1.54, 1.807) is 11.3 Å². The Morgan fingerprint density at radius 3 is 1.86 bits per heavy atom. The Morgan fingerprint density at radius 1 is 0.762 bits per heavy atom. The van der Waals surface area contributed by atoms with Gasteiger partial charge in [0.1, 0.15) is 0 Å². The van der Waals surface area contributed by atoms with Gasteiger partial charge in [-0.2, -0.15) is 0 Å². The zero-order chi connectivity index (χ0) is 15.5. The highest BCUT2D eigenvalue weighted by Gasteiger charge is 2.03. The molecule has 1 aromatic heterocycles. The molecule has 0 unspecified atom stereocenters. The first-order valence-corrected chi connectivity index (χ1v) is 8.41. The van der Waals surface area contributed by atoms with Crippen LogP contribution in [0.3, 0.4) is 0 Å². The number of carboxylic acids is 2. The van der Waals surface area contributed by atoms with Crippen molar-refractivity contribution < 1.29 is 19.8 Å². The largest absolute Gasteiger partial charge is 0.481 e. The predicted molar refractivity (Wildman–Crippen MR) is 83.9 cm³/mol. The van der Waals surface area contributed by atoms with Crippen molar-refractivity contribution >= 4 is 23.3 Å². The van der Waals surface area contributed by atoms with Gasteiger partial charge in [0.25, 0.3) is 0 Å². The molecule has 0 amide bonds. The van der Waals surface area contributed by atoms with Crippen LogP contribution in [0.5, 0.6) is 0 Å². The van der Waals surface area contributed by atoms with E-state index in [9.17, 15) is 9.59 Å². The molecule has 1 heterocycles. The number of unbranched alkanes of at least 4 members (excludes halogenated alkanes) is 4. The van der Waals surface area contributed by atoms with Crippen LogP contribution < -0.4 is 0 Å². The highest BCUT2D eigenvalue weighted by molar-refractivity contribution is 7.11. The molecule has 0 aliphatic carbocycles. The van der Waals surface area contributed by atoms with E-state index >= 15 is 0 Å². The SMILES string of the molecule is O=C(O)CCCCCCCc1ccc(CCCC(=O)O)s1. The van der Waals surface area contributed by atoms with Gasteiger partial charge in [-0.25, -0.2) is 0 Å². The number of carbonyl (C=O) groups is 2. The molecule has 0 spiro atoms. The third-order valence-electron chi connectivity index (χ3n) is 3.34. The summed E-state index contributed by atoms with van der Waals surface area (Å²) in [6, 6.07) is 4.25. The maximum Gasteiger partial charge on any atom is 0.303 e. The van der Waals surface area contributed by atoms with Crippen LogP contribution in [0.4, 0.5) is 0 Å². The number of thiophene rings is 1. The fourth-order valence-electron chi connectivity index (χ4n) is 2.21. The van der Waals surface area contributed by atoms with Gasteiger partial charge in [0.05, 0.1) is 0 Å². The summed E-state index contributed by atoms with van der Waals surface area (Å²) < 4.78 is 0. The number of carboxylic acid groups (broad SMARTS) is 2. The Bertz CT molecular complexity index is 439. The van der Waals surface area contributed by atoms with Crippen LogP contribution in [0, 0.1) is 0 Å². The number of hydrogen-bond acceptors (Lipinski definition) is 3. The van der Waals surface area contributed by atoms with E-state index in [1.165, 1.54) is 9.75 Å². The molecule has 1 rings (SSSR count). The smallest absolute Gasteiger partial charge is 0.303 e. The van der Waals surface area contributed by atoms with E-state index < -0.39 is 11.9 Å². The Labute approximate surface area is 129 Å². The zero-order valence-electron chi connectivity index (χ0n) is 12.3. The summed E-state index contributed by atoms with van der Waals surface area (Å²) in [5.41, 5.74) is 0. The average Bonchev–Trinajstić information content (AvgIpc) is 2.85. The summed E-state index contributed by atoms with van der Waals surface area (Å²) in [5.74, 6) is -1.43. The number of rotatable bonds is 12. The Morgan fingerprint density at radius 2 is 1.24 bits per heavy atom. The zero-order valence-corrected chi connectivity index (χ0v) is 13.2. The lowest BCUT2D eigenvalue weighted by atomic mass is 10.1. The van der Waals surface area contributed by atoms with Gasteiger partial charge in [-0.1, -0.05) is 19.3 Å². The molecule has 4 nitrogen and oxygen atoms in total. The molecule has 0 saturated carbocycles. The highest BCUT2D eigenvalue weighted by Crippen LogP contribution is 2.21. The van der Waals surface area contributed by atoms with Crippen LogP contribution in [-0.2, 0) is 22.4 Å². The Balaban J connectivity index is 2.06. The molecule has 0 atom stereocenters. The number of aryl methyl sites for hydroxylation is 2. The monoisotopic (exact) mass is 312 g/mol. The first kappa shape index (κ1) is 17.7. The van der Waals surface area contributed by atoms with Gasteiger partial charge in [0.2, 0.25) is 0 Å². The molecule has 0 saturated heterocycles. The molecule has 0 aliphatic rings. The fraction of sp³-hybridized carbons (Fsp3) is 0.625. The van der Waals surface area contributed by atoms with Crippen LogP contribution in [-0.4, -0.2) is 22.2 Å². The molecule has 21 heavy (non-hydrogen) atoms. The lowest BCUT2D eigenvalue weighted by Gasteiger charge is -1.99. The number of hydrogen-bond donors (Lipinski definition) is 2. The third-order valence-corrected chi connectivity index (χ3v) is 4.55. The van der Waals surface area contributed by atoms with E-state index in [4.69, 9.17) is 10.2 Å². The Hall–Kier alpha value is -1.36. The van der Waals surface area contributed by atoms with Gasteiger partial charge >= 0.3 is 11.9 Å². The van der Waals surface area contributed by atoms with E-state index in [-0.39, 0.29) is 12.8 Å². The lowest BCUT2D eigenvalue weighted by Crippen LogP contribution is -1.94. The van der Waals surface area contributed by atoms with Crippen molar-refractivity contribution in [2.24, 2.45) is 0 Å². The fourth-order valence-corrected chi connectivity index (χ4v) is 3.31. The minimum atomic E-state index is -0.727. The standard InChI is InChI=1S/C16H24O4S/c17-15(18)9-5-3-1-2-4-7-13-11-12-14(21-13)8-6-10-16(19)20/h11-12H,1-10H2,(H,17,18)(H,19,20). The van der Waals surface area contributed by atoms with Crippen molar-refractivity contribution in [3.8, 4) is 0 Å². The van der Waals surface area contributed by atoms with Crippen LogP contribution in [0.15, 0.2) is 12.1 Å². The molecule has 0 aliphatic heterocycles. The summed E-state index contributed by atoms with van der Waals surface area (Å²) >= 11 is 1.79. The molecule has 2 N–H and O–H groups in total. The molecule has 0 aromatic carbocycles. The van der Waals surface area contributed by atoms with Crippen molar-refractivity contribution in [1.82, 2.24) is 0 Å². The van der Waals surface area contributed by atoms with Crippen LogP contribution in [0.1, 0.15) is 61.1 Å². The summed E-state index contributed by atoms with van der Waals surface area (Å²) in [5, 5.41) is 17.1.